The lowest BCUT2D eigenvalue weighted by Gasteiger charge is -2.26. The molecule has 6 nitrogen and oxygen atoms in total. The molecule has 11 heteroatoms. The Hall–Kier alpha value is -4.45. The van der Waals surface area contributed by atoms with E-state index in [1.807, 2.05) is 25.1 Å². The summed E-state index contributed by atoms with van der Waals surface area (Å²) in [5.74, 6) is 0.131. The Morgan fingerprint density at radius 1 is 0.750 bits per heavy atom. The summed E-state index contributed by atoms with van der Waals surface area (Å²) in [5.41, 5.74) is 3.36. The molecule has 0 amide bonds. The first-order valence-electron chi connectivity index (χ1n) is 17.4. The average Bonchev–Trinajstić information content (AvgIpc) is 3.15. The molecule has 0 fully saturated rings. The summed E-state index contributed by atoms with van der Waals surface area (Å²) in [4.78, 5) is 4.46. The molecule has 5 rings (SSSR count). The van der Waals surface area contributed by atoms with Crippen molar-refractivity contribution in [1.29, 1.82) is 0 Å². The zero-order valence-electron chi connectivity index (χ0n) is 29.7. The molecule has 52 heavy (non-hydrogen) atoms. The van der Waals surface area contributed by atoms with Crippen LogP contribution in [0.3, 0.4) is 0 Å². The Bertz CT molecular complexity index is 2030. The van der Waals surface area contributed by atoms with Crippen molar-refractivity contribution >= 4 is 61.6 Å². The van der Waals surface area contributed by atoms with Gasteiger partial charge in [0.15, 0.2) is 0 Å². The first-order chi connectivity index (χ1) is 25.0. The van der Waals surface area contributed by atoms with Gasteiger partial charge in [0.1, 0.15) is 0 Å². The molecule has 0 aromatic heterocycles. The van der Waals surface area contributed by atoms with E-state index in [4.69, 9.17) is 0 Å². The highest BCUT2D eigenvalue weighted by Crippen LogP contribution is 2.40. The number of alkyl halides is 3. The Morgan fingerprint density at radius 2 is 1.31 bits per heavy atom. The van der Waals surface area contributed by atoms with Gasteiger partial charge in [-0.3, -0.25) is 0 Å². The van der Waals surface area contributed by atoms with E-state index in [0.29, 0.717) is 31.5 Å². The van der Waals surface area contributed by atoms with E-state index < -0.39 is 15.5 Å². The quantitative estimate of drug-likeness (QED) is 0.0561. The zero-order chi connectivity index (χ0) is 37.3. The Kier molecular flexibility index (Phi) is 13.0. The fraction of sp³-hybridized carbons (Fsp3) is 0.268. The van der Waals surface area contributed by atoms with Gasteiger partial charge in [-0.15, -0.1) is 0 Å². The van der Waals surface area contributed by atoms with Crippen LogP contribution in [0.1, 0.15) is 55.4 Å². The van der Waals surface area contributed by atoms with Gasteiger partial charge in [0.25, 0.3) is 0 Å². The second kappa shape index (κ2) is 17.4. The van der Waals surface area contributed by atoms with Gasteiger partial charge < -0.3 is 15.1 Å². The molecule has 0 radical (unpaired) electrons. The van der Waals surface area contributed by atoms with E-state index in [-0.39, 0.29) is 11.7 Å². The van der Waals surface area contributed by atoms with Crippen LogP contribution in [0.5, 0.6) is 0 Å². The van der Waals surface area contributed by atoms with Crippen LogP contribution in [-0.2, 0) is 10.0 Å². The molecule has 5 aromatic rings. The van der Waals surface area contributed by atoms with Gasteiger partial charge in [-0.2, -0.15) is 17.3 Å². The molecule has 0 bridgehead atoms. The third-order valence-corrected chi connectivity index (χ3v) is 11.6. The van der Waals surface area contributed by atoms with Crippen LogP contribution in [0.2, 0.25) is 0 Å². The van der Waals surface area contributed by atoms with Crippen molar-refractivity contribution in [3.63, 3.8) is 0 Å². The van der Waals surface area contributed by atoms with Crippen molar-refractivity contribution in [2.75, 3.05) is 47.0 Å². The van der Waals surface area contributed by atoms with Gasteiger partial charge >= 0.3 is 15.5 Å². The third kappa shape index (κ3) is 9.12. The third-order valence-electron chi connectivity index (χ3n) is 9.17. The second-order valence-corrected chi connectivity index (χ2v) is 15.1. The highest BCUT2D eigenvalue weighted by atomic mass is 32.3. The number of hydrogen-bond acceptors (Lipinski definition) is 6. The van der Waals surface area contributed by atoms with Crippen molar-refractivity contribution in [3.05, 3.63) is 138 Å². The van der Waals surface area contributed by atoms with Gasteiger partial charge in [0.2, 0.25) is 0 Å². The van der Waals surface area contributed by atoms with E-state index in [2.05, 4.69) is 133 Å². The molecule has 2 N–H and O–H groups in total. The summed E-state index contributed by atoms with van der Waals surface area (Å²) in [6.45, 7) is 13.3. The maximum Gasteiger partial charge on any atom is 0.512 e. The topological polar surface area (TPSA) is 64.7 Å². The zero-order valence-corrected chi connectivity index (χ0v) is 31.3. The van der Waals surface area contributed by atoms with Crippen molar-refractivity contribution in [1.82, 2.24) is 4.13 Å². The summed E-state index contributed by atoms with van der Waals surface area (Å²) >= 11 is 0.550. The summed E-state index contributed by atoms with van der Waals surface area (Å²) in [7, 11) is -5.37. The molecular weight excluding hydrogens is 702 g/mol. The minimum atomic E-state index is -5.37. The van der Waals surface area contributed by atoms with Crippen molar-refractivity contribution in [2.45, 2.75) is 38.6 Å². The number of rotatable bonds is 17. The van der Waals surface area contributed by atoms with Gasteiger partial charge in [0, 0.05) is 66.0 Å². The fourth-order valence-electron chi connectivity index (χ4n) is 6.40. The SMILES string of the molecule is C=Cc1ccc(Nc2ccc(C(c3ccc(N(CC)CC)cc3)c3ccc(N(CC)CCCSNS(=O)(=O)C(F)(F)F)cc3)c3ccccc23)cc1. The number of halogens is 3. The molecule has 1 unspecified atom stereocenters. The van der Waals surface area contributed by atoms with E-state index >= 15 is 0 Å². The summed E-state index contributed by atoms with van der Waals surface area (Å²) in [6, 6.07) is 38.3. The van der Waals surface area contributed by atoms with Crippen LogP contribution in [0.15, 0.2) is 116 Å². The van der Waals surface area contributed by atoms with Crippen molar-refractivity contribution < 1.29 is 21.6 Å². The highest BCUT2D eigenvalue weighted by molar-refractivity contribution is 8.09. The van der Waals surface area contributed by atoms with Gasteiger partial charge in [-0.1, -0.05) is 91.3 Å². The van der Waals surface area contributed by atoms with E-state index in [1.165, 1.54) is 16.8 Å². The Labute approximate surface area is 309 Å². The molecule has 0 aliphatic rings. The number of hydrogen-bond donors (Lipinski definition) is 2. The fourth-order valence-corrected chi connectivity index (χ4v) is 8.01. The van der Waals surface area contributed by atoms with Crippen LogP contribution in [0.4, 0.5) is 35.9 Å². The van der Waals surface area contributed by atoms with E-state index in [0.717, 1.165) is 52.1 Å². The molecule has 1 atom stereocenters. The molecule has 0 spiro atoms. The molecule has 5 aromatic carbocycles. The lowest BCUT2D eigenvalue weighted by Crippen LogP contribution is -2.33. The van der Waals surface area contributed by atoms with Gasteiger partial charge in [0.05, 0.1) is 0 Å². The van der Waals surface area contributed by atoms with E-state index in [1.54, 1.807) is 4.13 Å². The predicted molar refractivity (Wildman–Crippen MR) is 214 cm³/mol. The van der Waals surface area contributed by atoms with E-state index in [9.17, 15) is 21.6 Å². The number of anilines is 4. The largest absolute Gasteiger partial charge is 0.512 e. The molecule has 0 aliphatic carbocycles. The lowest BCUT2D eigenvalue weighted by molar-refractivity contribution is -0.0440. The first kappa shape index (κ1) is 38.8. The van der Waals surface area contributed by atoms with Crippen LogP contribution in [-0.4, -0.2) is 45.9 Å². The minimum absolute atomic E-state index is 0.0706. The summed E-state index contributed by atoms with van der Waals surface area (Å²) in [5, 5.41) is 5.87. The van der Waals surface area contributed by atoms with Gasteiger partial charge in [-0.05, 0) is 97.3 Å². The number of nitrogens with one attached hydrogen (secondary N) is 2. The van der Waals surface area contributed by atoms with Crippen LogP contribution < -0.4 is 19.2 Å². The summed E-state index contributed by atoms with van der Waals surface area (Å²) < 4.78 is 62.1. The minimum Gasteiger partial charge on any atom is -0.372 e. The van der Waals surface area contributed by atoms with Gasteiger partial charge in [-0.25, -0.2) is 8.42 Å². The standard InChI is InChI=1S/C41H45F3N4O2S2/c1-5-30-14-20-33(21-15-30)45-39-27-26-38(36-12-9-10-13-37(36)39)40(31-16-22-34(23-17-31)47(6-2)7-3)32-18-24-35(25-19-32)48(8-4)28-11-29-51-46-52(49,50)41(42,43)44/h5,9-10,12-27,40,45-46H,1,6-8,11,28-29H2,2-4H3. The maximum absolute atomic E-state index is 12.6. The van der Waals surface area contributed by atoms with Crippen LogP contribution in [0, 0.1) is 0 Å². The smallest absolute Gasteiger partial charge is 0.372 e. The number of nitrogens with zero attached hydrogens (tertiary/aromatic N) is 2. The highest BCUT2D eigenvalue weighted by Gasteiger charge is 2.45. The molecule has 0 aliphatic heterocycles. The summed E-state index contributed by atoms with van der Waals surface area (Å²) in [6.07, 6.45) is 2.32. The first-order valence-corrected chi connectivity index (χ1v) is 19.9. The number of fused-ring (bicyclic) bond motifs is 1. The lowest BCUT2D eigenvalue weighted by atomic mass is 9.82. The molecule has 0 heterocycles. The Balaban J connectivity index is 1.45. The van der Waals surface area contributed by atoms with Crippen molar-refractivity contribution in [3.8, 4) is 0 Å². The molecule has 0 saturated carbocycles. The monoisotopic (exact) mass is 746 g/mol. The normalized spacial score (nSPS) is 12.4. The maximum atomic E-state index is 12.6. The molecule has 274 valence electrons. The van der Waals surface area contributed by atoms with Crippen LogP contribution in [0.25, 0.3) is 16.8 Å². The number of benzene rings is 5. The van der Waals surface area contributed by atoms with Crippen molar-refractivity contribution in [2.24, 2.45) is 0 Å². The Morgan fingerprint density at radius 3 is 1.85 bits per heavy atom. The average molecular weight is 747 g/mol. The van der Waals surface area contributed by atoms with Crippen LogP contribution >= 0.6 is 11.9 Å². The number of sulfonamides is 1. The second-order valence-electron chi connectivity index (χ2n) is 12.3. The molecule has 0 saturated heterocycles. The predicted octanol–water partition coefficient (Wildman–Crippen LogP) is 10.6. The molecular formula is C41H45F3N4O2S2.